The van der Waals surface area contributed by atoms with Crippen LogP contribution in [0.2, 0.25) is 10.0 Å². The van der Waals surface area contributed by atoms with Crippen LogP contribution in [0.1, 0.15) is 12.8 Å². The van der Waals surface area contributed by atoms with Gasteiger partial charge in [-0.25, -0.2) is 4.40 Å². The number of nitrogens with zero attached hydrogens (tertiary/aromatic N) is 2. The Hall–Kier alpha value is -0.380. The van der Waals surface area contributed by atoms with Gasteiger partial charge in [0.2, 0.25) is 0 Å². The first-order chi connectivity index (χ1) is 7.74. The number of halogens is 2. The fraction of sp³-hybridized carbons (Fsp3) is 0.364. The fourth-order valence-electron chi connectivity index (χ4n) is 1.74. The van der Waals surface area contributed by atoms with Crippen LogP contribution in [0.3, 0.4) is 0 Å². The Bertz CT molecular complexity index is 458. The third kappa shape index (κ3) is 2.04. The number of benzene rings is 1. The van der Waals surface area contributed by atoms with Gasteiger partial charge in [0.25, 0.3) is 0 Å². The van der Waals surface area contributed by atoms with Crippen LogP contribution in [-0.4, -0.2) is 12.9 Å². The van der Waals surface area contributed by atoms with Gasteiger partial charge in [-0.3, -0.25) is 0 Å². The maximum absolute atomic E-state index is 6.05. The maximum atomic E-state index is 6.05. The van der Waals surface area contributed by atoms with E-state index in [1.807, 2.05) is 18.5 Å². The molecule has 1 aliphatic carbocycles. The van der Waals surface area contributed by atoms with Crippen LogP contribution in [0.15, 0.2) is 21.4 Å². The van der Waals surface area contributed by atoms with Gasteiger partial charge in [-0.2, -0.15) is 0 Å². The van der Waals surface area contributed by atoms with Crippen LogP contribution in [0.25, 0.3) is 0 Å². The topological polar surface area (TPSA) is 15.6 Å². The number of fused-ring (bicyclic) bond motifs is 1. The second kappa shape index (κ2) is 4.13. The van der Waals surface area contributed by atoms with Crippen molar-refractivity contribution in [1.82, 2.24) is 0 Å². The van der Waals surface area contributed by atoms with Crippen molar-refractivity contribution in [3.05, 3.63) is 22.2 Å². The summed E-state index contributed by atoms with van der Waals surface area (Å²) in [6, 6.07) is 3.82. The third-order valence-corrected chi connectivity index (χ3v) is 4.25. The normalized spacial score (nSPS) is 18.8. The zero-order valence-corrected chi connectivity index (χ0v) is 10.8. The van der Waals surface area contributed by atoms with Gasteiger partial charge < -0.3 is 4.90 Å². The van der Waals surface area contributed by atoms with Crippen LogP contribution in [0.4, 0.5) is 5.69 Å². The molecule has 0 aromatic heterocycles. The highest BCUT2D eigenvalue weighted by molar-refractivity contribution is 7.98. The maximum Gasteiger partial charge on any atom is 0.104 e. The van der Waals surface area contributed by atoms with Crippen LogP contribution >= 0.6 is 35.1 Å². The Morgan fingerprint density at radius 1 is 1.31 bits per heavy atom. The molecule has 0 unspecified atom stereocenters. The molecule has 1 aromatic rings. The highest BCUT2D eigenvalue weighted by atomic mass is 35.5. The molecular formula is C11H10Cl2N2S. The van der Waals surface area contributed by atoms with Crippen molar-refractivity contribution in [2.24, 2.45) is 10.3 Å². The van der Waals surface area contributed by atoms with Gasteiger partial charge in [0.05, 0.1) is 20.6 Å². The average molecular weight is 273 g/mol. The quantitative estimate of drug-likeness (QED) is 0.748. The summed E-state index contributed by atoms with van der Waals surface area (Å²) in [5, 5.41) is 1.20. The molecule has 16 heavy (non-hydrogen) atoms. The molecule has 0 atom stereocenters. The van der Waals surface area contributed by atoms with Gasteiger partial charge in [0.1, 0.15) is 6.34 Å². The van der Waals surface area contributed by atoms with E-state index in [-0.39, 0.29) is 0 Å². The Labute approximate surface area is 109 Å². The smallest absolute Gasteiger partial charge is 0.104 e. The van der Waals surface area contributed by atoms with Crippen molar-refractivity contribution >= 4 is 47.2 Å². The minimum atomic E-state index is 0.594. The Balaban J connectivity index is 1.96. The summed E-state index contributed by atoms with van der Waals surface area (Å²) in [5.41, 5.74) is 1.13. The lowest BCUT2D eigenvalue weighted by atomic mass is 10.2. The van der Waals surface area contributed by atoms with Crippen LogP contribution in [0, 0.1) is 5.92 Å². The second-order valence-electron chi connectivity index (χ2n) is 4.14. The van der Waals surface area contributed by atoms with Gasteiger partial charge >= 0.3 is 0 Å². The number of hydrogen-bond donors (Lipinski definition) is 0. The summed E-state index contributed by atoms with van der Waals surface area (Å²) in [6.07, 6.45) is 4.54. The largest absolute Gasteiger partial charge is 0.331 e. The Morgan fingerprint density at radius 3 is 2.81 bits per heavy atom. The summed E-state index contributed by atoms with van der Waals surface area (Å²) in [6.45, 7) is 1.04. The van der Waals surface area contributed by atoms with E-state index in [9.17, 15) is 0 Å². The minimum Gasteiger partial charge on any atom is -0.331 e. The molecule has 2 aliphatic rings. The fourth-order valence-corrected chi connectivity index (χ4v) is 2.84. The molecule has 1 aliphatic heterocycles. The first kappa shape index (κ1) is 10.8. The molecule has 1 aromatic carbocycles. The summed E-state index contributed by atoms with van der Waals surface area (Å²) in [4.78, 5) is 3.25. The standard InChI is InChI=1S/C11H10Cl2N2S/c12-8-3-10-11(4-9(8)13)16-14-6-15(10)5-7-1-2-7/h3-4,6-7H,1-2,5H2. The van der Waals surface area contributed by atoms with Crippen LogP contribution in [0.5, 0.6) is 0 Å². The predicted molar refractivity (Wildman–Crippen MR) is 70.9 cm³/mol. The van der Waals surface area contributed by atoms with E-state index >= 15 is 0 Å². The van der Waals surface area contributed by atoms with E-state index in [1.54, 1.807) is 0 Å². The van der Waals surface area contributed by atoms with Gasteiger partial charge in [-0.15, -0.1) is 0 Å². The van der Waals surface area contributed by atoms with Crippen LogP contribution < -0.4 is 4.90 Å². The first-order valence-corrected chi connectivity index (χ1v) is 6.73. The van der Waals surface area contributed by atoms with Crippen molar-refractivity contribution in [3.63, 3.8) is 0 Å². The monoisotopic (exact) mass is 272 g/mol. The molecular weight excluding hydrogens is 263 g/mol. The second-order valence-corrected chi connectivity index (χ2v) is 5.79. The summed E-state index contributed by atoms with van der Waals surface area (Å²) in [5.74, 6) is 0.817. The third-order valence-electron chi connectivity index (χ3n) is 2.80. The van der Waals surface area contributed by atoms with E-state index in [1.165, 1.54) is 24.8 Å². The number of rotatable bonds is 2. The molecule has 0 spiro atoms. The highest BCUT2D eigenvalue weighted by Gasteiger charge is 2.26. The Kier molecular flexibility index (Phi) is 2.78. The molecule has 84 valence electrons. The summed E-state index contributed by atoms with van der Waals surface area (Å²) >= 11 is 13.5. The molecule has 0 amide bonds. The zero-order chi connectivity index (χ0) is 11.1. The molecule has 5 heteroatoms. The van der Waals surface area contributed by atoms with Crippen molar-refractivity contribution in [2.45, 2.75) is 17.7 Å². The molecule has 0 saturated heterocycles. The van der Waals surface area contributed by atoms with Crippen LogP contribution in [-0.2, 0) is 0 Å². The minimum absolute atomic E-state index is 0.594. The van der Waals surface area contributed by atoms with Gasteiger partial charge in [-0.1, -0.05) is 23.2 Å². The Morgan fingerprint density at radius 2 is 2.06 bits per heavy atom. The average Bonchev–Trinajstić information content (AvgIpc) is 3.05. The summed E-state index contributed by atoms with van der Waals surface area (Å²) < 4.78 is 4.27. The SMILES string of the molecule is Clc1cc2c(cc1Cl)N(CC1CC1)C=NS2. The lowest BCUT2D eigenvalue weighted by Gasteiger charge is -2.25. The lowest BCUT2D eigenvalue weighted by Crippen LogP contribution is -2.25. The van der Waals surface area contributed by atoms with E-state index in [0.29, 0.717) is 10.0 Å². The van der Waals surface area contributed by atoms with Gasteiger partial charge in [-0.05, 0) is 30.9 Å². The van der Waals surface area contributed by atoms with E-state index in [4.69, 9.17) is 23.2 Å². The first-order valence-electron chi connectivity index (χ1n) is 5.20. The molecule has 0 radical (unpaired) electrons. The lowest BCUT2D eigenvalue weighted by molar-refractivity contribution is 0.828. The van der Waals surface area contributed by atoms with Crippen molar-refractivity contribution < 1.29 is 0 Å². The molecule has 1 fully saturated rings. The van der Waals surface area contributed by atoms with Crippen molar-refractivity contribution in [1.29, 1.82) is 0 Å². The zero-order valence-electron chi connectivity index (χ0n) is 8.49. The molecule has 1 heterocycles. The number of hydrogen-bond acceptors (Lipinski definition) is 3. The molecule has 0 N–H and O–H groups in total. The number of anilines is 1. The summed E-state index contributed by atoms with van der Waals surface area (Å²) in [7, 11) is 0. The van der Waals surface area contributed by atoms with Crippen molar-refractivity contribution in [3.8, 4) is 0 Å². The molecule has 1 saturated carbocycles. The van der Waals surface area contributed by atoms with E-state index in [2.05, 4.69) is 9.30 Å². The van der Waals surface area contributed by atoms with Gasteiger partial charge in [0.15, 0.2) is 0 Å². The van der Waals surface area contributed by atoms with Crippen molar-refractivity contribution in [2.75, 3.05) is 11.4 Å². The molecule has 3 rings (SSSR count). The molecule has 2 nitrogen and oxygen atoms in total. The highest BCUT2D eigenvalue weighted by Crippen LogP contribution is 2.41. The molecule has 0 bridgehead atoms. The predicted octanol–water partition coefficient (Wildman–Crippen LogP) is 4.26. The van der Waals surface area contributed by atoms with E-state index < -0.39 is 0 Å². The van der Waals surface area contributed by atoms with Gasteiger partial charge in [0, 0.05) is 18.5 Å². The van der Waals surface area contributed by atoms with E-state index in [0.717, 1.165) is 23.0 Å².